The average Bonchev–Trinajstić information content (AvgIpc) is 1.37. The van der Waals surface area contributed by atoms with Crippen LogP contribution in [0.25, 0.3) is 5.32 Å². The quantitative estimate of drug-likeness (QED) is 0.314. The predicted octanol–water partition coefficient (Wildman–Crippen LogP) is -1.99. The van der Waals surface area contributed by atoms with Crippen LogP contribution in [-0.2, 0) is 0 Å². The number of nitrogens with zero attached hydrogens (tertiary/aromatic N) is 1. The van der Waals surface area contributed by atoms with Crippen molar-refractivity contribution in [1.29, 1.82) is 0 Å². The van der Waals surface area contributed by atoms with Gasteiger partial charge in [-0.05, 0) is 0 Å². The zero-order chi connectivity index (χ0) is 3.41. The zero-order valence-corrected chi connectivity index (χ0v) is 4.15. The molecule has 1 nitrogen and oxygen atoms in total. The van der Waals surface area contributed by atoms with Crippen LogP contribution in [0.15, 0.2) is 0 Å². The summed E-state index contributed by atoms with van der Waals surface area (Å²) in [5.74, 6) is 0. The SMILES string of the molecule is CC[N-]C.[Li+]. The predicted molar refractivity (Wildman–Crippen MR) is 19.8 cm³/mol. The average molecular weight is 65.0 g/mol. The monoisotopic (exact) mass is 65.1 g/mol. The summed E-state index contributed by atoms with van der Waals surface area (Å²) < 4.78 is 0. The fourth-order valence-electron chi connectivity index (χ4n) is 0. The van der Waals surface area contributed by atoms with Gasteiger partial charge in [0.1, 0.15) is 0 Å². The van der Waals surface area contributed by atoms with Gasteiger partial charge < -0.3 is 5.32 Å². The molecule has 0 aliphatic heterocycles. The molecule has 0 rings (SSSR count). The van der Waals surface area contributed by atoms with E-state index in [-0.39, 0.29) is 18.9 Å². The third kappa shape index (κ3) is 12.3. The van der Waals surface area contributed by atoms with Crippen LogP contribution in [0, 0.1) is 0 Å². The molecule has 2 heteroatoms. The normalized spacial score (nSPS) is 6.00. The Morgan fingerprint density at radius 1 is 1.60 bits per heavy atom. The summed E-state index contributed by atoms with van der Waals surface area (Å²) in [6.07, 6.45) is 0. The molecule has 0 aromatic heterocycles. The number of hydrogen-bond donors (Lipinski definition) is 0. The van der Waals surface area contributed by atoms with Gasteiger partial charge in [0.05, 0.1) is 0 Å². The Balaban J connectivity index is 0. The van der Waals surface area contributed by atoms with Gasteiger partial charge in [-0.2, -0.15) is 13.6 Å². The molecule has 0 saturated carbocycles. The first-order valence-corrected chi connectivity index (χ1v) is 1.47. The molecule has 0 fully saturated rings. The minimum Gasteiger partial charge on any atom is -0.665 e. The maximum atomic E-state index is 3.74. The molecule has 0 atom stereocenters. The molecule has 0 aromatic carbocycles. The number of rotatable bonds is 1. The summed E-state index contributed by atoms with van der Waals surface area (Å²) in [7, 11) is 1.81. The Morgan fingerprint density at radius 3 is 1.80 bits per heavy atom. The third-order valence-corrected chi connectivity index (χ3v) is 0.316. The Morgan fingerprint density at radius 2 is 1.80 bits per heavy atom. The minimum absolute atomic E-state index is 0. The molecule has 0 aromatic rings. The second kappa shape index (κ2) is 8.82. The molecule has 5 heavy (non-hydrogen) atoms. The van der Waals surface area contributed by atoms with E-state index in [4.69, 9.17) is 0 Å². The van der Waals surface area contributed by atoms with Gasteiger partial charge in [-0.15, -0.1) is 0 Å². The van der Waals surface area contributed by atoms with Crippen LogP contribution in [0.5, 0.6) is 0 Å². The molecule has 0 unspecified atom stereocenters. The van der Waals surface area contributed by atoms with E-state index in [0.717, 1.165) is 6.54 Å². The van der Waals surface area contributed by atoms with Crippen molar-refractivity contribution in [3.8, 4) is 0 Å². The van der Waals surface area contributed by atoms with Crippen LogP contribution in [-0.4, -0.2) is 13.6 Å². The summed E-state index contributed by atoms with van der Waals surface area (Å²) in [4.78, 5) is 0. The van der Waals surface area contributed by atoms with Crippen molar-refractivity contribution in [3.63, 3.8) is 0 Å². The fraction of sp³-hybridized carbons (Fsp3) is 1.00. The van der Waals surface area contributed by atoms with Crippen LogP contribution in [0.3, 0.4) is 0 Å². The molecule has 0 heterocycles. The van der Waals surface area contributed by atoms with Crippen molar-refractivity contribution in [2.75, 3.05) is 13.6 Å². The van der Waals surface area contributed by atoms with E-state index in [1.165, 1.54) is 0 Å². The standard InChI is InChI=1S/C3H8N.Li/c1-3-4-2;/h3H2,1-2H3;/q-1;+1. The summed E-state index contributed by atoms with van der Waals surface area (Å²) in [6.45, 7) is 2.96. The van der Waals surface area contributed by atoms with Crippen LogP contribution >= 0.6 is 0 Å². The summed E-state index contributed by atoms with van der Waals surface area (Å²) in [5, 5.41) is 3.74. The van der Waals surface area contributed by atoms with Crippen molar-refractivity contribution >= 4 is 0 Å². The summed E-state index contributed by atoms with van der Waals surface area (Å²) in [6, 6.07) is 0. The van der Waals surface area contributed by atoms with Gasteiger partial charge >= 0.3 is 18.9 Å². The Bertz CT molecular complexity index is 8.85. The topological polar surface area (TPSA) is 14.1 Å². The first-order valence-electron chi connectivity index (χ1n) is 1.47. The van der Waals surface area contributed by atoms with Crippen molar-refractivity contribution in [3.05, 3.63) is 5.32 Å². The van der Waals surface area contributed by atoms with E-state index in [9.17, 15) is 0 Å². The Labute approximate surface area is 45.3 Å². The van der Waals surface area contributed by atoms with Crippen LogP contribution in [0.2, 0.25) is 0 Å². The van der Waals surface area contributed by atoms with E-state index in [2.05, 4.69) is 5.32 Å². The molecule has 0 aliphatic rings. The van der Waals surface area contributed by atoms with E-state index >= 15 is 0 Å². The molecule has 0 radical (unpaired) electrons. The van der Waals surface area contributed by atoms with Gasteiger partial charge in [0.25, 0.3) is 0 Å². The summed E-state index contributed by atoms with van der Waals surface area (Å²) in [5.41, 5.74) is 0. The van der Waals surface area contributed by atoms with Gasteiger partial charge in [0.15, 0.2) is 0 Å². The maximum absolute atomic E-state index is 3.74. The van der Waals surface area contributed by atoms with Crippen molar-refractivity contribution in [1.82, 2.24) is 0 Å². The molecular weight excluding hydrogens is 57.0 g/mol. The molecule has 0 amide bonds. The molecule has 0 saturated heterocycles. The zero-order valence-electron chi connectivity index (χ0n) is 4.15. The number of hydrogen-bond acceptors (Lipinski definition) is 0. The summed E-state index contributed by atoms with van der Waals surface area (Å²) >= 11 is 0. The molecule has 0 bridgehead atoms. The van der Waals surface area contributed by atoms with Gasteiger partial charge in [0, 0.05) is 0 Å². The van der Waals surface area contributed by atoms with Gasteiger partial charge in [-0.3, -0.25) is 0 Å². The maximum Gasteiger partial charge on any atom is 1.00 e. The van der Waals surface area contributed by atoms with Gasteiger partial charge in [-0.25, -0.2) is 0 Å². The second-order valence-corrected chi connectivity index (χ2v) is 0.632. The molecule has 26 valence electrons. The van der Waals surface area contributed by atoms with E-state index in [1.807, 2.05) is 6.92 Å². The van der Waals surface area contributed by atoms with Crippen molar-refractivity contribution < 1.29 is 18.9 Å². The van der Waals surface area contributed by atoms with Crippen LogP contribution in [0.4, 0.5) is 0 Å². The van der Waals surface area contributed by atoms with Gasteiger partial charge in [0.2, 0.25) is 0 Å². The fourth-order valence-corrected chi connectivity index (χ4v) is 0. The third-order valence-electron chi connectivity index (χ3n) is 0.316. The van der Waals surface area contributed by atoms with Crippen molar-refractivity contribution in [2.45, 2.75) is 6.92 Å². The smallest absolute Gasteiger partial charge is 0.665 e. The van der Waals surface area contributed by atoms with Crippen LogP contribution in [0.1, 0.15) is 6.92 Å². The minimum atomic E-state index is 0. The molecule has 0 aliphatic carbocycles. The van der Waals surface area contributed by atoms with E-state index < -0.39 is 0 Å². The first-order chi connectivity index (χ1) is 1.91. The van der Waals surface area contributed by atoms with Gasteiger partial charge in [-0.1, -0.05) is 6.92 Å². The largest absolute Gasteiger partial charge is 1.00 e. The Kier molecular flexibility index (Phi) is 16.1. The van der Waals surface area contributed by atoms with E-state index in [1.54, 1.807) is 7.05 Å². The second-order valence-electron chi connectivity index (χ2n) is 0.632. The first kappa shape index (κ1) is 9.12. The molecular formula is C3H8LiN. The van der Waals surface area contributed by atoms with Crippen molar-refractivity contribution in [2.24, 2.45) is 0 Å². The molecule has 0 spiro atoms. The molecule has 0 N–H and O–H groups in total. The van der Waals surface area contributed by atoms with E-state index in [0.29, 0.717) is 0 Å². The van der Waals surface area contributed by atoms with Crippen LogP contribution < -0.4 is 18.9 Å². The Hall–Kier alpha value is 0.557.